The van der Waals surface area contributed by atoms with Crippen LogP contribution in [0.1, 0.15) is 5.56 Å². The van der Waals surface area contributed by atoms with Crippen LogP contribution in [0.5, 0.6) is 0 Å². The van der Waals surface area contributed by atoms with E-state index in [9.17, 15) is 0 Å². The van der Waals surface area contributed by atoms with E-state index in [1.807, 2.05) is 60.0 Å². The second-order valence-electron chi connectivity index (χ2n) is 5.17. The van der Waals surface area contributed by atoms with Crippen LogP contribution in [0.3, 0.4) is 0 Å². The van der Waals surface area contributed by atoms with Crippen LogP contribution in [-0.4, -0.2) is 15.9 Å². The third-order valence-corrected chi connectivity index (χ3v) is 4.27. The molecular weight excluding hydrogens is 332 g/mol. The van der Waals surface area contributed by atoms with Crippen LogP contribution in [0, 0.1) is 0 Å². The van der Waals surface area contributed by atoms with Gasteiger partial charge in [0.2, 0.25) is 4.80 Å². The zero-order valence-corrected chi connectivity index (χ0v) is 14.0. The van der Waals surface area contributed by atoms with E-state index in [0.717, 1.165) is 27.5 Å². The second kappa shape index (κ2) is 7.11. The summed E-state index contributed by atoms with van der Waals surface area (Å²) in [6, 6.07) is 17.5. The standard InChI is InChI=1S/C19H14N4OS/c1-2-6-15(7-3-1)12-21-23-17(18-9-5-11-24-18)14-25-19(23)22-16-8-4-10-20-13-16/h1-14H. The molecule has 6 heteroatoms. The summed E-state index contributed by atoms with van der Waals surface area (Å²) < 4.78 is 7.31. The van der Waals surface area contributed by atoms with E-state index in [2.05, 4.69) is 15.1 Å². The fourth-order valence-electron chi connectivity index (χ4n) is 2.28. The molecule has 0 N–H and O–H groups in total. The van der Waals surface area contributed by atoms with E-state index < -0.39 is 0 Å². The van der Waals surface area contributed by atoms with Crippen molar-refractivity contribution in [2.45, 2.75) is 0 Å². The van der Waals surface area contributed by atoms with Gasteiger partial charge in [-0.25, -0.2) is 9.67 Å². The van der Waals surface area contributed by atoms with Gasteiger partial charge in [0.1, 0.15) is 5.69 Å². The van der Waals surface area contributed by atoms with Crippen molar-refractivity contribution in [2.75, 3.05) is 0 Å². The van der Waals surface area contributed by atoms with Gasteiger partial charge in [-0.15, -0.1) is 11.3 Å². The Morgan fingerprint density at radius 1 is 1.04 bits per heavy atom. The molecule has 0 saturated carbocycles. The summed E-state index contributed by atoms with van der Waals surface area (Å²) >= 11 is 1.50. The Labute approximate surface area is 148 Å². The summed E-state index contributed by atoms with van der Waals surface area (Å²) in [5.41, 5.74) is 2.64. The molecule has 0 aliphatic rings. The van der Waals surface area contributed by atoms with Crippen LogP contribution < -0.4 is 4.80 Å². The third kappa shape index (κ3) is 3.49. The molecule has 0 atom stereocenters. The summed E-state index contributed by atoms with van der Waals surface area (Å²) in [7, 11) is 0. The number of benzene rings is 1. The van der Waals surface area contributed by atoms with Crippen molar-refractivity contribution in [3.8, 4) is 11.5 Å². The lowest BCUT2D eigenvalue weighted by Gasteiger charge is -2.00. The molecule has 5 nitrogen and oxygen atoms in total. The van der Waals surface area contributed by atoms with Gasteiger partial charge in [0.15, 0.2) is 5.76 Å². The maximum atomic E-state index is 5.53. The number of furan rings is 1. The van der Waals surface area contributed by atoms with Crippen molar-refractivity contribution in [1.82, 2.24) is 9.66 Å². The van der Waals surface area contributed by atoms with E-state index in [1.54, 1.807) is 29.5 Å². The number of aromatic nitrogens is 2. The summed E-state index contributed by atoms with van der Waals surface area (Å²) in [5, 5.41) is 6.60. The highest BCUT2D eigenvalue weighted by atomic mass is 32.1. The molecule has 3 aromatic heterocycles. The molecule has 0 saturated heterocycles. The molecule has 25 heavy (non-hydrogen) atoms. The Morgan fingerprint density at radius 3 is 2.72 bits per heavy atom. The van der Waals surface area contributed by atoms with Crippen molar-refractivity contribution < 1.29 is 4.42 Å². The molecule has 1 aromatic carbocycles. The highest BCUT2D eigenvalue weighted by molar-refractivity contribution is 7.07. The smallest absolute Gasteiger partial charge is 0.211 e. The number of thiazole rings is 1. The van der Waals surface area contributed by atoms with E-state index >= 15 is 0 Å². The third-order valence-electron chi connectivity index (χ3n) is 3.45. The van der Waals surface area contributed by atoms with Gasteiger partial charge in [0.05, 0.1) is 24.4 Å². The van der Waals surface area contributed by atoms with Gasteiger partial charge in [-0.2, -0.15) is 5.10 Å². The van der Waals surface area contributed by atoms with Crippen molar-refractivity contribution in [3.63, 3.8) is 0 Å². The van der Waals surface area contributed by atoms with Crippen molar-refractivity contribution in [2.24, 2.45) is 10.1 Å². The van der Waals surface area contributed by atoms with Gasteiger partial charge in [-0.3, -0.25) is 4.98 Å². The highest BCUT2D eigenvalue weighted by Gasteiger charge is 2.09. The van der Waals surface area contributed by atoms with Crippen LogP contribution in [0.4, 0.5) is 5.69 Å². The van der Waals surface area contributed by atoms with Crippen LogP contribution >= 0.6 is 11.3 Å². The average molecular weight is 346 g/mol. The normalized spacial score (nSPS) is 12.1. The predicted molar refractivity (Wildman–Crippen MR) is 98.9 cm³/mol. The van der Waals surface area contributed by atoms with E-state index in [-0.39, 0.29) is 0 Å². The molecule has 0 bridgehead atoms. The SMILES string of the molecule is C(=Nn1c(-c2ccco2)csc1=Nc1cccnc1)c1ccccc1. The Balaban J connectivity index is 1.83. The Bertz CT molecular complexity index is 1030. The lowest BCUT2D eigenvalue weighted by Crippen LogP contribution is -2.11. The Hall–Kier alpha value is -3.25. The number of hydrogen-bond acceptors (Lipinski definition) is 5. The minimum Gasteiger partial charge on any atom is -0.463 e. The molecule has 0 radical (unpaired) electrons. The molecule has 4 aromatic rings. The molecule has 0 unspecified atom stereocenters. The molecule has 122 valence electrons. The monoisotopic (exact) mass is 346 g/mol. The van der Waals surface area contributed by atoms with Gasteiger partial charge in [-0.1, -0.05) is 30.3 Å². The molecule has 0 aliphatic carbocycles. The average Bonchev–Trinajstić information content (AvgIpc) is 3.31. The van der Waals surface area contributed by atoms with Crippen molar-refractivity contribution >= 4 is 23.2 Å². The van der Waals surface area contributed by atoms with E-state index in [1.165, 1.54) is 11.3 Å². The topological polar surface area (TPSA) is 55.7 Å². The van der Waals surface area contributed by atoms with E-state index in [0.29, 0.717) is 0 Å². The minimum atomic E-state index is 0.742. The largest absolute Gasteiger partial charge is 0.463 e. The summed E-state index contributed by atoms with van der Waals surface area (Å²) in [4.78, 5) is 9.50. The number of nitrogens with zero attached hydrogens (tertiary/aromatic N) is 4. The predicted octanol–water partition coefficient (Wildman–Crippen LogP) is 4.32. The maximum Gasteiger partial charge on any atom is 0.211 e. The quantitative estimate of drug-likeness (QED) is 0.517. The molecule has 0 fully saturated rings. The molecule has 4 rings (SSSR count). The maximum absolute atomic E-state index is 5.53. The molecule has 3 heterocycles. The zero-order chi connectivity index (χ0) is 16.9. The van der Waals surface area contributed by atoms with Gasteiger partial charge in [0.25, 0.3) is 0 Å². The molecule has 0 aliphatic heterocycles. The second-order valence-corrected chi connectivity index (χ2v) is 6.01. The fourth-order valence-corrected chi connectivity index (χ4v) is 3.11. The van der Waals surface area contributed by atoms with Crippen LogP contribution in [0.15, 0.2) is 93.1 Å². The van der Waals surface area contributed by atoms with Crippen LogP contribution in [0.25, 0.3) is 11.5 Å². The van der Waals surface area contributed by atoms with Gasteiger partial charge in [0, 0.05) is 11.6 Å². The van der Waals surface area contributed by atoms with Crippen molar-refractivity contribution in [3.05, 3.63) is 89.0 Å². The Kier molecular flexibility index (Phi) is 4.35. The van der Waals surface area contributed by atoms with Crippen LogP contribution in [-0.2, 0) is 0 Å². The Morgan fingerprint density at radius 2 is 1.96 bits per heavy atom. The van der Waals surface area contributed by atoms with E-state index in [4.69, 9.17) is 4.42 Å². The van der Waals surface area contributed by atoms with Gasteiger partial charge in [-0.05, 0) is 29.8 Å². The molecule has 0 spiro atoms. The molecular formula is C19H14N4OS. The first-order chi connectivity index (χ1) is 12.4. The van der Waals surface area contributed by atoms with Gasteiger partial charge < -0.3 is 4.42 Å². The number of pyridine rings is 1. The first-order valence-corrected chi connectivity index (χ1v) is 8.57. The first kappa shape index (κ1) is 15.3. The lowest BCUT2D eigenvalue weighted by molar-refractivity contribution is 0.575. The zero-order valence-electron chi connectivity index (χ0n) is 13.2. The summed E-state index contributed by atoms with van der Waals surface area (Å²) in [6.45, 7) is 0. The first-order valence-electron chi connectivity index (χ1n) is 7.69. The number of rotatable bonds is 4. The van der Waals surface area contributed by atoms with Crippen molar-refractivity contribution in [1.29, 1.82) is 0 Å². The lowest BCUT2D eigenvalue weighted by atomic mass is 10.2. The van der Waals surface area contributed by atoms with Gasteiger partial charge >= 0.3 is 0 Å². The summed E-state index contributed by atoms with van der Waals surface area (Å²) in [5.74, 6) is 0.745. The minimum absolute atomic E-state index is 0.742. The summed E-state index contributed by atoms with van der Waals surface area (Å²) in [6.07, 6.45) is 6.90. The van der Waals surface area contributed by atoms with Crippen LogP contribution in [0.2, 0.25) is 0 Å². The highest BCUT2D eigenvalue weighted by Crippen LogP contribution is 2.21. The fraction of sp³-hybridized carbons (Fsp3) is 0. The number of hydrogen-bond donors (Lipinski definition) is 0. The molecule has 0 amide bonds.